The molecule has 21 heavy (non-hydrogen) atoms. The predicted molar refractivity (Wildman–Crippen MR) is 76.9 cm³/mol. The van der Waals surface area contributed by atoms with E-state index in [1.54, 1.807) is 5.38 Å². The molecule has 2 aliphatic heterocycles. The van der Waals surface area contributed by atoms with E-state index in [2.05, 4.69) is 9.72 Å². The Morgan fingerprint density at radius 2 is 2.29 bits per heavy atom. The van der Waals surface area contributed by atoms with Gasteiger partial charge in [0.25, 0.3) is 0 Å². The Bertz CT molecular complexity index is 592. The number of nitrogens with zero attached hydrogens (tertiary/aromatic N) is 2. The fourth-order valence-corrected chi connectivity index (χ4v) is 3.18. The molecule has 1 aromatic rings. The van der Waals surface area contributed by atoms with Crippen LogP contribution < -0.4 is 0 Å². The molecular weight excluding hydrogens is 292 g/mol. The monoisotopic (exact) mass is 308 g/mol. The van der Waals surface area contributed by atoms with Gasteiger partial charge in [-0.05, 0) is 12.0 Å². The first-order valence-corrected chi connectivity index (χ1v) is 7.67. The quantitative estimate of drug-likeness (QED) is 0.785. The largest absolute Gasteiger partial charge is 0.464 e. The van der Waals surface area contributed by atoms with Crippen LogP contribution in [0.25, 0.3) is 5.57 Å². The number of hydrogen-bond acceptors (Lipinski definition) is 6. The van der Waals surface area contributed by atoms with Crippen LogP contribution in [0.3, 0.4) is 0 Å². The van der Waals surface area contributed by atoms with Crippen LogP contribution in [0.2, 0.25) is 0 Å². The third-order valence-electron chi connectivity index (χ3n) is 3.68. The van der Waals surface area contributed by atoms with E-state index in [1.165, 1.54) is 18.4 Å². The van der Waals surface area contributed by atoms with Crippen LogP contribution in [0.15, 0.2) is 11.5 Å². The molecule has 0 saturated carbocycles. The van der Waals surface area contributed by atoms with Crippen molar-refractivity contribution in [1.29, 1.82) is 0 Å². The summed E-state index contributed by atoms with van der Waals surface area (Å²) < 4.78 is 9.71. The normalized spacial score (nSPS) is 18.9. The second-order valence-electron chi connectivity index (χ2n) is 5.03. The highest BCUT2D eigenvalue weighted by atomic mass is 32.1. The zero-order valence-electron chi connectivity index (χ0n) is 11.7. The molecule has 0 bridgehead atoms. The maximum atomic E-state index is 12.1. The molecule has 2 aliphatic rings. The Morgan fingerprint density at radius 1 is 1.48 bits per heavy atom. The maximum absolute atomic E-state index is 12.1. The van der Waals surface area contributed by atoms with Gasteiger partial charge in [0.2, 0.25) is 5.91 Å². The van der Waals surface area contributed by atoms with Gasteiger partial charge in [-0.3, -0.25) is 4.79 Å². The summed E-state index contributed by atoms with van der Waals surface area (Å²) in [7, 11) is 1.34. The number of rotatable bonds is 3. The summed E-state index contributed by atoms with van der Waals surface area (Å²) in [5.74, 6) is -0.215. The van der Waals surface area contributed by atoms with Crippen molar-refractivity contribution in [2.24, 2.45) is 5.92 Å². The maximum Gasteiger partial charge on any atom is 0.357 e. The van der Waals surface area contributed by atoms with Gasteiger partial charge in [0.05, 0.1) is 26.2 Å². The van der Waals surface area contributed by atoms with Crippen molar-refractivity contribution in [1.82, 2.24) is 9.88 Å². The van der Waals surface area contributed by atoms with Gasteiger partial charge in [-0.15, -0.1) is 11.3 Å². The smallest absolute Gasteiger partial charge is 0.357 e. The summed E-state index contributed by atoms with van der Waals surface area (Å²) in [6.45, 7) is 2.37. The lowest BCUT2D eigenvalue weighted by atomic mass is 10.0. The van der Waals surface area contributed by atoms with Gasteiger partial charge in [0.1, 0.15) is 5.01 Å². The lowest BCUT2D eigenvalue weighted by Crippen LogP contribution is -2.46. The minimum Gasteiger partial charge on any atom is -0.464 e. The Morgan fingerprint density at radius 3 is 2.86 bits per heavy atom. The van der Waals surface area contributed by atoms with Gasteiger partial charge in [0, 0.05) is 18.5 Å². The number of amides is 1. The number of aromatic nitrogens is 1. The average Bonchev–Trinajstić information content (AvgIpc) is 2.94. The minimum atomic E-state index is -0.421. The highest BCUT2D eigenvalue weighted by Crippen LogP contribution is 2.26. The van der Waals surface area contributed by atoms with Gasteiger partial charge in [-0.2, -0.15) is 0 Å². The molecule has 1 amide bonds. The zero-order chi connectivity index (χ0) is 14.8. The first kappa shape index (κ1) is 14.2. The van der Waals surface area contributed by atoms with E-state index in [4.69, 9.17) is 4.74 Å². The first-order valence-electron chi connectivity index (χ1n) is 6.79. The number of hydrogen-bond donors (Lipinski definition) is 0. The summed E-state index contributed by atoms with van der Waals surface area (Å²) >= 11 is 1.43. The molecule has 112 valence electrons. The van der Waals surface area contributed by atoms with Crippen LogP contribution in [0.5, 0.6) is 0 Å². The fraction of sp³-hybridized carbons (Fsp3) is 0.500. The molecule has 1 aromatic heterocycles. The minimum absolute atomic E-state index is 0.0331. The average molecular weight is 308 g/mol. The van der Waals surface area contributed by atoms with Crippen molar-refractivity contribution < 1.29 is 19.1 Å². The van der Waals surface area contributed by atoms with Crippen LogP contribution in [-0.2, 0) is 14.3 Å². The molecule has 0 atom stereocenters. The summed E-state index contributed by atoms with van der Waals surface area (Å²) in [5, 5.41) is 2.53. The number of carbonyl (C=O) groups excluding carboxylic acids is 2. The second kappa shape index (κ2) is 5.95. The van der Waals surface area contributed by atoms with Crippen molar-refractivity contribution in [2.45, 2.75) is 6.42 Å². The second-order valence-corrected chi connectivity index (χ2v) is 5.89. The van der Waals surface area contributed by atoms with Crippen molar-refractivity contribution >= 4 is 28.8 Å². The van der Waals surface area contributed by atoms with E-state index in [-0.39, 0.29) is 11.8 Å². The van der Waals surface area contributed by atoms with Crippen LogP contribution in [0, 0.1) is 5.92 Å². The number of thiazole rings is 1. The van der Waals surface area contributed by atoms with E-state index in [0.29, 0.717) is 32.0 Å². The number of esters is 1. The van der Waals surface area contributed by atoms with Crippen molar-refractivity contribution in [3.8, 4) is 0 Å². The lowest BCUT2D eigenvalue weighted by molar-refractivity contribution is -0.149. The van der Waals surface area contributed by atoms with Gasteiger partial charge >= 0.3 is 5.97 Å². The highest BCUT2D eigenvalue weighted by Gasteiger charge is 2.31. The lowest BCUT2D eigenvalue weighted by Gasteiger charge is -2.33. The Balaban J connectivity index is 1.65. The fourth-order valence-electron chi connectivity index (χ4n) is 2.32. The number of ether oxygens (including phenoxy) is 2. The Hall–Kier alpha value is -1.73. The molecular formula is C14H16N2O4S. The van der Waals surface area contributed by atoms with Crippen LogP contribution in [-0.4, -0.2) is 55.2 Å². The molecule has 0 aromatic carbocycles. The third kappa shape index (κ3) is 2.84. The van der Waals surface area contributed by atoms with Gasteiger partial charge in [0.15, 0.2) is 5.69 Å². The molecule has 6 nitrogen and oxygen atoms in total. The van der Waals surface area contributed by atoms with Gasteiger partial charge < -0.3 is 14.4 Å². The van der Waals surface area contributed by atoms with Gasteiger partial charge in [-0.25, -0.2) is 9.78 Å². The molecule has 0 radical (unpaired) electrons. The molecule has 3 rings (SSSR count). The van der Waals surface area contributed by atoms with Crippen LogP contribution in [0.4, 0.5) is 0 Å². The van der Waals surface area contributed by atoms with E-state index >= 15 is 0 Å². The van der Waals surface area contributed by atoms with Crippen molar-refractivity contribution in [3.05, 3.63) is 22.2 Å². The van der Waals surface area contributed by atoms with E-state index < -0.39 is 5.97 Å². The number of carbonyl (C=O) groups is 2. The molecule has 0 unspecified atom stereocenters. The standard InChI is InChI=1S/C14H16N2O4S/c1-19-14(18)11-8-21-12(15-11)9-2-4-16(5-3-9)13(17)10-6-20-7-10/h2,8,10H,3-7H2,1H3. The molecule has 3 heterocycles. The highest BCUT2D eigenvalue weighted by molar-refractivity contribution is 7.11. The van der Waals surface area contributed by atoms with Gasteiger partial charge in [-0.1, -0.05) is 6.08 Å². The molecule has 7 heteroatoms. The Kier molecular flexibility index (Phi) is 4.03. The molecule has 0 N–H and O–H groups in total. The summed E-state index contributed by atoms with van der Waals surface area (Å²) in [6, 6.07) is 0. The topological polar surface area (TPSA) is 68.7 Å². The van der Waals surface area contributed by atoms with E-state index in [1.807, 2.05) is 11.0 Å². The third-order valence-corrected chi connectivity index (χ3v) is 4.60. The summed E-state index contributed by atoms with van der Waals surface area (Å²) in [4.78, 5) is 29.6. The zero-order valence-corrected chi connectivity index (χ0v) is 12.5. The van der Waals surface area contributed by atoms with E-state index in [9.17, 15) is 9.59 Å². The first-order chi connectivity index (χ1) is 10.2. The SMILES string of the molecule is COC(=O)c1csc(C2=CCN(C(=O)C3COC3)CC2)n1. The summed E-state index contributed by atoms with van der Waals surface area (Å²) in [5.41, 5.74) is 1.42. The molecule has 1 saturated heterocycles. The van der Waals surface area contributed by atoms with Crippen LogP contribution in [0.1, 0.15) is 21.9 Å². The molecule has 1 fully saturated rings. The van der Waals surface area contributed by atoms with Crippen LogP contribution >= 0.6 is 11.3 Å². The van der Waals surface area contributed by atoms with Crippen molar-refractivity contribution in [2.75, 3.05) is 33.4 Å². The number of methoxy groups -OCH3 is 1. The predicted octanol–water partition coefficient (Wildman–Crippen LogP) is 1.19. The van der Waals surface area contributed by atoms with E-state index in [0.717, 1.165) is 17.0 Å². The Labute approximate surface area is 126 Å². The summed E-state index contributed by atoms with van der Waals surface area (Å²) in [6.07, 6.45) is 2.77. The molecule has 0 aliphatic carbocycles. The molecule has 0 spiro atoms. The van der Waals surface area contributed by atoms with Crippen molar-refractivity contribution in [3.63, 3.8) is 0 Å².